The number of aromatic nitrogens is 3. The molecular weight excluding hydrogens is 318 g/mol. The molecule has 25 heavy (non-hydrogen) atoms. The molecule has 0 fully saturated rings. The van der Waals surface area contributed by atoms with Crippen LogP contribution in [0.25, 0.3) is 0 Å². The molecule has 0 spiro atoms. The van der Waals surface area contributed by atoms with Crippen molar-refractivity contribution in [3.8, 4) is 0 Å². The minimum absolute atomic E-state index is 0.347. The van der Waals surface area contributed by atoms with Crippen LogP contribution in [0.1, 0.15) is 29.4 Å². The fourth-order valence-electron chi connectivity index (χ4n) is 2.89. The van der Waals surface area contributed by atoms with Gasteiger partial charge in [-0.2, -0.15) is 5.10 Å². The highest BCUT2D eigenvalue weighted by molar-refractivity contribution is 5.74. The molecular formula is C18H21N5O2. The molecule has 0 unspecified atom stereocenters. The van der Waals surface area contributed by atoms with Crippen LogP contribution < -0.4 is 21.5 Å². The summed E-state index contributed by atoms with van der Waals surface area (Å²) >= 11 is 0. The van der Waals surface area contributed by atoms with Gasteiger partial charge in [-0.05, 0) is 38.5 Å². The predicted molar refractivity (Wildman–Crippen MR) is 97.6 cm³/mol. The highest BCUT2D eigenvalue weighted by atomic mass is 16.2. The quantitative estimate of drug-likeness (QED) is 0.637. The Morgan fingerprint density at radius 2 is 1.60 bits per heavy atom. The van der Waals surface area contributed by atoms with Gasteiger partial charge in [0.05, 0.1) is 5.69 Å². The Bertz CT molecular complexity index is 952. The zero-order chi connectivity index (χ0) is 18.0. The first-order valence-corrected chi connectivity index (χ1v) is 8.25. The van der Waals surface area contributed by atoms with Crippen LogP contribution in [0.15, 0.2) is 34.1 Å². The van der Waals surface area contributed by atoms with Crippen molar-refractivity contribution < 1.29 is 0 Å². The molecule has 2 heterocycles. The average molecular weight is 339 g/mol. The van der Waals surface area contributed by atoms with Crippen LogP contribution in [-0.4, -0.2) is 14.8 Å². The number of nitrogens with one attached hydrogen (secondary N) is 2. The Morgan fingerprint density at radius 1 is 1.00 bits per heavy atom. The van der Waals surface area contributed by atoms with Crippen molar-refractivity contribution in [2.75, 3.05) is 10.6 Å². The van der Waals surface area contributed by atoms with Gasteiger partial charge in [0.15, 0.2) is 0 Å². The first-order valence-electron chi connectivity index (χ1n) is 8.25. The second kappa shape index (κ2) is 6.88. The van der Waals surface area contributed by atoms with Crippen molar-refractivity contribution in [1.82, 2.24) is 14.8 Å². The summed E-state index contributed by atoms with van der Waals surface area (Å²) in [6.45, 7) is 7.71. The normalized spacial score (nSPS) is 11.0. The van der Waals surface area contributed by atoms with E-state index in [0.29, 0.717) is 24.5 Å². The highest BCUT2D eigenvalue weighted by Crippen LogP contribution is 2.19. The lowest BCUT2D eigenvalue weighted by Gasteiger charge is -2.15. The molecule has 2 N–H and O–H groups in total. The second-order valence-electron chi connectivity index (χ2n) is 5.94. The highest BCUT2D eigenvalue weighted by Gasteiger charge is 2.21. The summed E-state index contributed by atoms with van der Waals surface area (Å²) in [6.07, 6.45) is 3.38. The lowest BCUT2D eigenvalue weighted by atomic mass is 10.1. The smallest absolute Gasteiger partial charge is 0.253 e. The Balaban J connectivity index is 1.72. The van der Waals surface area contributed by atoms with Crippen LogP contribution in [0.4, 0.5) is 11.4 Å². The monoisotopic (exact) mass is 339 g/mol. The Labute approximate surface area is 145 Å². The molecule has 0 atom stereocenters. The Hall–Kier alpha value is -2.96. The van der Waals surface area contributed by atoms with Gasteiger partial charge < -0.3 is 10.6 Å². The molecule has 7 nitrogen and oxygen atoms in total. The van der Waals surface area contributed by atoms with E-state index in [0.717, 1.165) is 29.1 Å². The van der Waals surface area contributed by atoms with E-state index in [9.17, 15) is 9.59 Å². The lowest BCUT2D eigenvalue weighted by molar-refractivity contribution is 0.633. The minimum atomic E-state index is -0.478. The molecule has 3 aromatic rings. The summed E-state index contributed by atoms with van der Waals surface area (Å²) in [7, 11) is 0. The van der Waals surface area contributed by atoms with E-state index in [1.807, 2.05) is 37.6 Å². The van der Waals surface area contributed by atoms with E-state index in [2.05, 4.69) is 20.7 Å². The van der Waals surface area contributed by atoms with E-state index in [1.54, 1.807) is 12.4 Å². The van der Waals surface area contributed by atoms with Gasteiger partial charge in [-0.3, -0.25) is 19.3 Å². The third-order valence-corrected chi connectivity index (χ3v) is 4.40. The Morgan fingerprint density at radius 3 is 2.16 bits per heavy atom. The van der Waals surface area contributed by atoms with Gasteiger partial charge in [-0.25, -0.2) is 0 Å². The zero-order valence-electron chi connectivity index (χ0n) is 14.6. The third kappa shape index (κ3) is 3.17. The summed E-state index contributed by atoms with van der Waals surface area (Å²) in [5.41, 5.74) is 3.78. The van der Waals surface area contributed by atoms with Gasteiger partial charge in [0.2, 0.25) is 0 Å². The average Bonchev–Trinajstić information content (AvgIpc) is 2.91. The first kappa shape index (κ1) is 16.9. The maximum atomic E-state index is 11.9. The SMILES string of the molecule is CCn1nc(C)c(CNc2c(NCc3ccncc3)c(=O)c2=O)c1C. The van der Waals surface area contributed by atoms with Crippen molar-refractivity contribution in [2.24, 2.45) is 0 Å². The maximum absolute atomic E-state index is 11.9. The fourth-order valence-corrected chi connectivity index (χ4v) is 2.89. The van der Waals surface area contributed by atoms with Crippen LogP contribution in [-0.2, 0) is 19.6 Å². The number of rotatable bonds is 7. The van der Waals surface area contributed by atoms with Crippen molar-refractivity contribution in [3.05, 3.63) is 67.5 Å². The van der Waals surface area contributed by atoms with Crippen LogP contribution in [0.3, 0.4) is 0 Å². The van der Waals surface area contributed by atoms with Crippen LogP contribution in [0, 0.1) is 13.8 Å². The van der Waals surface area contributed by atoms with Gasteiger partial charge in [0.25, 0.3) is 10.9 Å². The molecule has 0 aliphatic rings. The van der Waals surface area contributed by atoms with Crippen molar-refractivity contribution >= 4 is 11.4 Å². The van der Waals surface area contributed by atoms with E-state index in [-0.39, 0.29) is 0 Å². The number of hydrogen-bond donors (Lipinski definition) is 2. The van der Waals surface area contributed by atoms with Gasteiger partial charge >= 0.3 is 0 Å². The van der Waals surface area contributed by atoms with Crippen molar-refractivity contribution in [1.29, 1.82) is 0 Å². The molecule has 0 radical (unpaired) electrons. The number of anilines is 2. The number of pyridine rings is 1. The summed E-state index contributed by atoms with van der Waals surface area (Å²) in [4.78, 5) is 27.7. The van der Waals surface area contributed by atoms with Crippen molar-refractivity contribution in [3.63, 3.8) is 0 Å². The van der Waals surface area contributed by atoms with Gasteiger partial charge in [0.1, 0.15) is 11.4 Å². The molecule has 0 saturated heterocycles. The Kier molecular flexibility index (Phi) is 4.65. The molecule has 7 heteroatoms. The molecule has 0 aliphatic heterocycles. The fraction of sp³-hybridized carbons (Fsp3) is 0.333. The van der Waals surface area contributed by atoms with Crippen LogP contribution in [0.2, 0.25) is 0 Å². The number of hydrogen-bond acceptors (Lipinski definition) is 6. The summed E-state index contributed by atoms with van der Waals surface area (Å²) in [5.74, 6) is 0. The summed E-state index contributed by atoms with van der Waals surface area (Å²) in [6, 6.07) is 3.72. The van der Waals surface area contributed by atoms with E-state index in [4.69, 9.17) is 0 Å². The topological polar surface area (TPSA) is 88.9 Å². The molecule has 130 valence electrons. The van der Waals surface area contributed by atoms with E-state index < -0.39 is 10.9 Å². The lowest BCUT2D eigenvalue weighted by Crippen LogP contribution is -2.37. The maximum Gasteiger partial charge on any atom is 0.253 e. The number of nitrogens with zero attached hydrogens (tertiary/aromatic N) is 3. The third-order valence-electron chi connectivity index (χ3n) is 4.40. The van der Waals surface area contributed by atoms with Gasteiger partial charge in [-0.1, -0.05) is 0 Å². The first-order chi connectivity index (χ1) is 12.0. The number of aryl methyl sites for hydroxylation is 2. The van der Waals surface area contributed by atoms with Crippen molar-refractivity contribution in [2.45, 2.75) is 40.4 Å². The minimum Gasteiger partial charge on any atom is -0.376 e. The molecule has 0 amide bonds. The van der Waals surface area contributed by atoms with Crippen LogP contribution >= 0.6 is 0 Å². The van der Waals surface area contributed by atoms with E-state index in [1.165, 1.54) is 0 Å². The predicted octanol–water partition coefficient (Wildman–Crippen LogP) is 1.74. The van der Waals surface area contributed by atoms with Gasteiger partial charge in [-0.15, -0.1) is 0 Å². The molecule has 0 aliphatic carbocycles. The molecule has 2 aromatic heterocycles. The van der Waals surface area contributed by atoms with E-state index >= 15 is 0 Å². The molecule has 0 saturated carbocycles. The summed E-state index contributed by atoms with van der Waals surface area (Å²) < 4.78 is 1.93. The second-order valence-corrected chi connectivity index (χ2v) is 5.94. The molecule has 3 rings (SSSR count). The zero-order valence-corrected chi connectivity index (χ0v) is 14.6. The molecule has 0 bridgehead atoms. The standard InChI is InChI=1S/C18H21N5O2/c1-4-23-12(3)14(11(2)22-23)10-21-16-15(17(24)18(16)25)20-9-13-5-7-19-8-6-13/h5-8,20-21H,4,9-10H2,1-3H3. The summed E-state index contributed by atoms with van der Waals surface area (Å²) in [5, 5.41) is 10.6. The van der Waals surface area contributed by atoms with Gasteiger partial charge in [0, 0.05) is 43.3 Å². The molecule has 1 aromatic carbocycles. The largest absolute Gasteiger partial charge is 0.376 e. The van der Waals surface area contributed by atoms with Crippen LogP contribution in [0.5, 0.6) is 0 Å².